The molecular formula is C26H29FN4O6S. The van der Waals surface area contributed by atoms with Gasteiger partial charge in [0.05, 0.1) is 18.4 Å². The van der Waals surface area contributed by atoms with Crippen LogP contribution in [0.4, 0.5) is 10.2 Å². The number of amides is 1. The molecule has 0 saturated carbocycles. The van der Waals surface area contributed by atoms with Gasteiger partial charge in [-0.25, -0.2) is 19.1 Å². The minimum absolute atomic E-state index is 0.0150. The molecule has 0 spiro atoms. The third-order valence-electron chi connectivity index (χ3n) is 5.53. The van der Waals surface area contributed by atoms with E-state index in [1.165, 1.54) is 42.5 Å². The van der Waals surface area contributed by atoms with E-state index in [2.05, 4.69) is 9.97 Å². The largest absolute Gasteiger partial charge is 0.493 e. The number of hydrogen-bond acceptors (Lipinski definition) is 9. The van der Waals surface area contributed by atoms with Crippen LogP contribution in [0, 0.1) is 11.7 Å². The second kappa shape index (κ2) is 11.7. The number of nitrogens with two attached hydrogens (primary N) is 1. The number of carbonyl (C=O) groups is 1. The van der Waals surface area contributed by atoms with Crippen LogP contribution in [0.25, 0.3) is 11.3 Å². The van der Waals surface area contributed by atoms with Gasteiger partial charge >= 0.3 is 0 Å². The zero-order chi connectivity index (χ0) is 27.3. The highest BCUT2D eigenvalue weighted by Gasteiger charge is 2.25. The molecule has 10 nitrogen and oxygen atoms in total. The summed E-state index contributed by atoms with van der Waals surface area (Å²) in [5.74, 6) is -1.06. The Kier molecular flexibility index (Phi) is 8.42. The second-order valence-electron chi connectivity index (χ2n) is 9.21. The highest BCUT2D eigenvalue weighted by Crippen LogP contribution is 2.29. The lowest BCUT2D eigenvalue weighted by Gasteiger charge is -2.15. The number of pyridine rings is 2. The number of rotatable bonds is 10. The molecule has 1 saturated heterocycles. The lowest BCUT2D eigenvalue weighted by atomic mass is 10.1. The number of anilines is 1. The number of nitrogens with one attached hydrogen (secondary N) is 1. The van der Waals surface area contributed by atoms with Gasteiger partial charge in [-0.1, -0.05) is 19.9 Å². The minimum atomic E-state index is -4.33. The SMILES string of the molecule is CC(C)COc1cc(F)cc(-c2ccc(C(=O)NS(=O)(=O)c3cccc(N)n3)c(OCC3CCCO3)n2)c1. The van der Waals surface area contributed by atoms with E-state index in [0.29, 0.717) is 30.2 Å². The number of benzene rings is 1. The Morgan fingerprint density at radius 1 is 1.18 bits per heavy atom. The van der Waals surface area contributed by atoms with Crippen molar-refractivity contribution in [2.45, 2.75) is 37.8 Å². The van der Waals surface area contributed by atoms with Gasteiger partial charge < -0.3 is 19.9 Å². The normalized spacial score (nSPS) is 15.4. The van der Waals surface area contributed by atoms with Crippen LogP contribution in [0.1, 0.15) is 37.0 Å². The minimum Gasteiger partial charge on any atom is -0.493 e. The lowest BCUT2D eigenvalue weighted by molar-refractivity contribution is 0.0655. The fourth-order valence-electron chi connectivity index (χ4n) is 3.70. The monoisotopic (exact) mass is 544 g/mol. The average Bonchev–Trinajstić information content (AvgIpc) is 3.39. The molecule has 2 aromatic heterocycles. The van der Waals surface area contributed by atoms with Gasteiger partial charge in [0.15, 0.2) is 5.03 Å². The van der Waals surface area contributed by atoms with Gasteiger partial charge in [0.1, 0.15) is 29.6 Å². The van der Waals surface area contributed by atoms with Gasteiger partial charge in [0, 0.05) is 18.2 Å². The van der Waals surface area contributed by atoms with Gasteiger partial charge in [0.2, 0.25) is 5.88 Å². The van der Waals surface area contributed by atoms with Crippen molar-refractivity contribution in [2.75, 3.05) is 25.6 Å². The van der Waals surface area contributed by atoms with E-state index < -0.39 is 26.8 Å². The van der Waals surface area contributed by atoms with E-state index in [1.54, 1.807) is 6.07 Å². The molecule has 3 heterocycles. The molecule has 3 aromatic rings. The summed E-state index contributed by atoms with van der Waals surface area (Å²) in [5, 5.41) is -0.411. The van der Waals surface area contributed by atoms with Gasteiger partial charge in [0.25, 0.3) is 15.9 Å². The molecule has 202 valence electrons. The number of halogens is 1. The van der Waals surface area contributed by atoms with Crippen LogP contribution < -0.4 is 19.9 Å². The fourth-order valence-corrected chi connectivity index (χ4v) is 4.64. The van der Waals surface area contributed by atoms with Crippen LogP contribution in [0.3, 0.4) is 0 Å². The summed E-state index contributed by atoms with van der Waals surface area (Å²) in [6.07, 6.45) is 1.46. The summed E-state index contributed by atoms with van der Waals surface area (Å²) < 4.78 is 58.9. The molecule has 1 amide bonds. The standard InChI is InChI=1S/C26H29FN4O6S/c1-16(2)14-36-20-12-17(11-18(27)13-20)22-9-8-21(26(29-22)37-15-19-5-4-10-35-19)25(32)31-38(33,34)24-7-3-6-23(28)30-24/h3,6-9,11-13,16,19H,4-5,10,14-15H2,1-2H3,(H2,28,30)(H,31,32). The first-order valence-corrected chi connectivity index (χ1v) is 13.6. The lowest BCUT2D eigenvalue weighted by Crippen LogP contribution is -2.32. The Morgan fingerprint density at radius 2 is 2.00 bits per heavy atom. The van der Waals surface area contributed by atoms with Crippen molar-refractivity contribution in [2.24, 2.45) is 5.92 Å². The van der Waals surface area contributed by atoms with Crippen molar-refractivity contribution in [1.82, 2.24) is 14.7 Å². The zero-order valence-electron chi connectivity index (χ0n) is 21.0. The van der Waals surface area contributed by atoms with E-state index in [1.807, 2.05) is 18.6 Å². The maximum atomic E-state index is 14.4. The molecule has 0 bridgehead atoms. The number of nitrogens with zero attached hydrogens (tertiary/aromatic N) is 2. The average molecular weight is 545 g/mol. The number of nitrogen functional groups attached to an aromatic ring is 1. The van der Waals surface area contributed by atoms with Gasteiger partial charge in [-0.15, -0.1) is 0 Å². The molecular weight excluding hydrogens is 515 g/mol. The Hall–Kier alpha value is -3.77. The van der Waals surface area contributed by atoms with E-state index in [4.69, 9.17) is 19.9 Å². The Labute approximate surface area is 220 Å². The van der Waals surface area contributed by atoms with Gasteiger partial charge in [-0.3, -0.25) is 4.79 Å². The molecule has 0 aliphatic carbocycles. The predicted molar refractivity (Wildman–Crippen MR) is 138 cm³/mol. The quantitative estimate of drug-likeness (QED) is 0.391. The van der Waals surface area contributed by atoms with E-state index in [9.17, 15) is 17.6 Å². The number of sulfonamides is 1. The zero-order valence-corrected chi connectivity index (χ0v) is 21.8. The Balaban J connectivity index is 1.65. The van der Waals surface area contributed by atoms with Crippen LogP contribution in [-0.4, -0.2) is 50.2 Å². The smallest absolute Gasteiger partial charge is 0.281 e. The van der Waals surface area contributed by atoms with Crippen LogP contribution in [-0.2, 0) is 14.8 Å². The van der Waals surface area contributed by atoms with Crippen LogP contribution in [0.2, 0.25) is 0 Å². The molecule has 38 heavy (non-hydrogen) atoms. The molecule has 1 aliphatic rings. The van der Waals surface area contributed by atoms with Gasteiger partial charge in [-0.05, 0) is 55.2 Å². The van der Waals surface area contributed by atoms with Crippen molar-refractivity contribution in [3.63, 3.8) is 0 Å². The van der Waals surface area contributed by atoms with Crippen LogP contribution in [0.15, 0.2) is 53.6 Å². The molecule has 4 rings (SSSR count). The molecule has 1 aromatic carbocycles. The third kappa shape index (κ3) is 6.95. The van der Waals surface area contributed by atoms with Crippen molar-refractivity contribution in [3.8, 4) is 22.9 Å². The van der Waals surface area contributed by atoms with Crippen molar-refractivity contribution < 1.29 is 31.8 Å². The number of carbonyl (C=O) groups excluding carboxylic acids is 1. The third-order valence-corrected chi connectivity index (χ3v) is 6.76. The van der Waals surface area contributed by atoms with Crippen molar-refractivity contribution >= 4 is 21.7 Å². The highest BCUT2D eigenvalue weighted by molar-refractivity contribution is 7.90. The Bertz CT molecular complexity index is 1410. The molecule has 1 unspecified atom stereocenters. The summed E-state index contributed by atoms with van der Waals surface area (Å²) in [6, 6.07) is 11.1. The van der Waals surface area contributed by atoms with Crippen LogP contribution in [0.5, 0.6) is 11.6 Å². The number of aromatic nitrogens is 2. The molecule has 1 atom stereocenters. The van der Waals surface area contributed by atoms with Crippen LogP contribution >= 0.6 is 0 Å². The molecule has 1 fully saturated rings. The van der Waals surface area contributed by atoms with Crippen molar-refractivity contribution in [3.05, 3.63) is 59.9 Å². The van der Waals surface area contributed by atoms with Crippen molar-refractivity contribution in [1.29, 1.82) is 0 Å². The molecule has 12 heteroatoms. The summed E-state index contributed by atoms with van der Waals surface area (Å²) in [6.45, 7) is 5.06. The summed E-state index contributed by atoms with van der Waals surface area (Å²) >= 11 is 0. The van der Waals surface area contributed by atoms with Gasteiger partial charge in [-0.2, -0.15) is 8.42 Å². The highest BCUT2D eigenvalue weighted by atomic mass is 32.2. The summed E-state index contributed by atoms with van der Waals surface area (Å²) in [4.78, 5) is 21.3. The molecule has 0 radical (unpaired) electrons. The maximum absolute atomic E-state index is 14.4. The maximum Gasteiger partial charge on any atom is 0.281 e. The van der Waals surface area contributed by atoms with E-state index in [-0.39, 0.29) is 35.9 Å². The predicted octanol–water partition coefficient (Wildman–Crippen LogP) is 3.58. The topological polar surface area (TPSA) is 143 Å². The summed E-state index contributed by atoms with van der Waals surface area (Å²) in [7, 11) is -4.33. The van der Waals surface area contributed by atoms with E-state index >= 15 is 0 Å². The first-order chi connectivity index (χ1) is 18.1. The van der Waals surface area contributed by atoms with E-state index in [0.717, 1.165) is 12.8 Å². The fraction of sp³-hybridized carbons (Fsp3) is 0.346. The number of hydrogen-bond donors (Lipinski definition) is 2. The number of ether oxygens (including phenoxy) is 3. The molecule has 3 N–H and O–H groups in total. The summed E-state index contributed by atoms with van der Waals surface area (Å²) in [5.41, 5.74) is 6.15. The Morgan fingerprint density at radius 3 is 2.71 bits per heavy atom. The first kappa shape index (κ1) is 27.3. The molecule has 1 aliphatic heterocycles. The first-order valence-electron chi connectivity index (χ1n) is 12.1. The second-order valence-corrected chi connectivity index (χ2v) is 10.8.